The number of hydrogen-bond acceptors (Lipinski definition) is 10. The molecule has 266 valence electrons. The van der Waals surface area contributed by atoms with Gasteiger partial charge in [0.1, 0.15) is 17.2 Å². The zero-order chi connectivity index (χ0) is 34.3. The first-order valence-corrected chi connectivity index (χ1v) is 16.4. The van der Waals surface area contributed by atoms with Gasteiger partial charge in [-0.05, 0) is 80.1 Å². The van der Waals surface area contributed by atoms with Crippen molar-refractivity contribution in [3.8, 4) is 0 Å². The first-order valence-electron chi connectivity index (χ1n) is 16.4. The molecule has 13 nitrogen and oxygen atoms in total. The Morgan fingerprint density at radius 2 is 1.55 bits per heavy atom. The molecule has 0 saturated heterocycles. The number of esters is 1. The van der Waals surface area contributed by atoms with E-state index in [4.69, 9.17) is 10.5 Å². The molecule has 2 aromatic rings. The normalized spacial score (nSPS) is 19.8. The van der Waals surface area contributed by atoms with E-state index in [1.54, 1.807) is 33.2 Å². The Hall–Kier alpha value is -3.00. The molecule has 7 N–H and O–H groups in total. The lowest BCUT2D eigenvalue weighted by Crippen LogP contribution is -2.49. The van der Waals surface area contributed by atoms with Crippen LogP contribution in [0.25, 0.3) is 11.2 Å². The fourth-order valence-corrected chi connectivity index (χ4v) is 5.65. The fourth-order valence-electron chi connectivity index (χ4n) is 5.65. The summed E-state index contributed by atoms with van der Waals surface area (Å²) in [5, 5.41) is 25.5. The van der Waals surface area contributed by atoms with E-state index in [-0.39, 0.29) is 30.4 Å². The highest BCUT2D eigenvalue weighted by atomic mass is 35.5. The first kappa shape index (κ1) is 40.2. The van der Waals surface area contributed by atoms with Gasteiger partial charge in [0.25, 0.3) is 5.91 Å². The summed E-state index contributed by atoms with van der Waals surface area (Å²) in [6, 6.07) is -1.03. The van der Waals surface area contributed by atoms with Crippen molar-refractivity contribution in [2.24, 2.45) is 5.73 Å². The van der Waals surface area contributed by atoms with Crippen LogP contribution < -0.4 is 16.4 Å². The summed E-state index contributed by atoms with van der Waals surface area (Å²) in [4.78, 5) is 46.7. The van der Waals surface area contributed by atoms with Crippen molar-refractivity contribution in [1.29, 1.82) is 0 Å². The van der Waals surface area contributed by atoms with Crippen molar-refractivity contribution < 1.29 is 34.1 Å². The summed E-state index contributed by atoms with van der Waals surface area (Å²) >= 11 is 0. The Morgan fingerprint density at radius 1 is 1.00 bits per heavy atom. The van der Waals surface area contributed by atoms with Crippen LogP contribution in [0.2, 0.25) is 0 Å². The van der Waals surface area contributed by atoms with Crippen molar-refractivity contribution in [2.75, 3.05) is 7.11 Å². The van der Waals surface area contributed by atoms with E-state index in [0.717, 1.165) is 69.9 Å². The number of rotatable bonds is 7. The molecule has 3 aliphatic rings. The van der Waals surface area contributed by atoms with Crippen molar-refractivity contribution in [1.82, 2.24) is 25.6 Å². The third-order valence-corrected chi connectivity index (χ3v) is 8.87. The molecule has 3 saturated carbocycles. The number of methoxy groups -OCH3 is 1. The van der Waals surface area contributed by atoms with Gasteiger partial charge in [-0.1, -0.05) is 25.7 Å². The van der Waals surface area contributed by atoms with Crippen molar-refractivity contribution in [2.45, 2.75) is 147 Å². The molecule has 2 heterocycles. The second kappa shape index (κ2) is 16.9. The predicted octanol–water partition coefficient (Wildman–Crippen LogP) is 4.39. The van der Waals surface area contributed by atoms with E-state index in [1.807, 2.05) is 13.8 Å². The largest absolute Gasteiger partial charge is 0.467 e. The number of nitrogens with two attached hydrogens (primary N) is 1. The monoisotopic (exact) mass is 682 g/mol. The van der Waals surface area contributed by atoms with Crippen LogP contribution in [0, 0.1) is 0 Å². The lowest BCUT2D eigenvalue weighted by atomic mass is 9.93. The maximum absolute atomic E-state index is 12.6. The predicted molar refractivity (Wildman–Crippen MR) is 181 cm³/mol. The lowest BCUT2D eigenvalue weighted by molar-refractivity contribution is -0.142. The van der Waals surface area contributed by atoms with E-state index in [1.165, 1.54) is 14.0 Å². The van der Waals surface area contributed by atoms with Crippen LogP contribution in [0.1, 0.15) is 128 Å². The number of aliphatic hydroxyl groups is 2. The third-order valence-electron chi connectivity index (χ3n) is 8.87. The molecule has 2 aromatic heterocycles. The highest BCUT2D eigenvalue weighted by Gasteiger charge is 2.38. The van der Waals surface area contributed by atoms with Crippen LogP contribution in [-0.2, 0) is 14.3 Å². The Balaban J connectivity index is 0.000000274. The Morgan fingerprint density at radius 3 is 2.02 bits per heavy atom. The van der Waals surface area contributed by atoms with Crippen LogP contribution in [0.4, 0.5) is 4.79 Å². The van der Waals surface area contributed by atoms with Crippen molar-refractivity contribution in [3.63, 3.8) is 0 Å². The summed E-state index contributed by atoms with van der Waals surface area (Å²) in [6.45, 7) is 10.5. The number of halogens is 1. The molecule has 0 unspecified atom stereocenters. The minimum absolute atomic E-state index is 0. The molecule has 0 bridgehead atoms. The summed E-state index contributed by atoms with van der Waals surface area (Å²) < 4.78 is 9.38. The van der Waals surface area contributed by atoms with Crippen molar-refractivity contribution in [3.05, 3.63) is 23.7 Å². The minimum atomic E-state index is -0.785. The highest BCUT2D eigenvalue weighted by molar-refractivity contribution is 6.04. The number of aromatic nitrogens is 3. The summed E-state index contributed by atoms with van der Waals surface area (Å²) in [6.07, 6.45) is 12.7. The second-order valence-electron chi connectivity index (χ2n) is 14.0. The molecule has 0 spiro atoms. The number of nitrogens with zero attached hydrogens (tertiary/aromatic N) is 2. The van der Waals surface area contributed by atoms with Crippen LogP contribution >= 0.6 is 12.4 Å². The van der Waals surface area contributed by atoms with Crippen molar-refractivity contribution >= 4 is 41.5 Å². The number of nitrogens with one attached hydrogen (secondary N) is 3. The number of ether oxygens (including phenoxy) is 2. The molecule has 0 aromatic carbocycles. The van der Waals surface area contributed by atoms with Crippen LogP contribution in [0.3, 0.4) is 0 Å². The molecule has 14 heteroatoms. The van der Waals surface area contributed by atoms with E-state index >= 15 is 0 Å². The molecule has 47 heavy (non-hydrogen) atoms. The molecule has 5 rings (SSSR count). The van der Waals surface area contributed by atoms with E-state index in [2.05, 4.69) is 30.3 Å². The molecule has 3 aliphatic carbocycles. The third kappa shape index (κ3) is 11.6. The lowest BCUT2D eigenvalue weighted by Gasteiger charge is -2.30. The maximum atomic E-state index is 12.6. The number of alkyl carbamates (subject to hydrolysis) is 1. The van der Waals surface area contributed by atoms with Gasteiger partial charge >= 0.3 is 12.1 Å². The number of carbonyl (C=O) groups excluding carboxylic acids is 3. The average Bonchev–Trinajstić information content (AvgIpc) is 3.34. The molecular formula is C33H55ClN6O7. The average molecular weight is 683 g/mol. The fraction of sp³-hybridized carbons (Fsp3) is 0.727. The highest BCUT2D eigenvalue weighted by Crippen LogP contribution is 2.39. The summed E-state index contributed by atoms with van der Waals surface area (Å²) in [5.41, 5.74) is 6.42. The number of carbonyl (C=O) groups is 3. The Bertz CT molecular complexity index is 1330. The molecule has 2 amide bonds. The number of H-pyrrole nitrogens is 1. The number of fused-ring (bicyclic) bond motifs is 1. The standard InChI is InChI=1S/C17H22N4O2.C9H17NO4.C7H15NO.ClH/c1-10(17(23)6-2-3-7-17)20-16(22)12-8-18-15-14(12)21-13(9-19-15)11-4-5-11;1-6(7(11)13-5)10-8(12)14-9(2,3)4;1-6(8)7(9)4-2-3-5-7;/h8-11,23H,2-7H2,1H3,(H,18,19)(H,20,22);6H,1-5H3,(H,10,12);6,9H,2-5,8H2,1H3;1H/t10-;2*6-;/m111./s1. The zero-order valence-electron chi connectivity index (χ0n) is 28.9. The van der Waals surface area contributed by atoms with Gasteiger partial charge in [0.05, 0.1) is 41.8 Å². The van der Waals surface area contributed by atoms with Crippen LogP contribution in [0.15, 0.2) is 12.4 Å². The van der Waals surface area contributed by atoms with Crippen LogP contribution in [-0.4, -0.2) is 85.2 Å². The first-order chi connectivity index (χ1) is 21.5. The van der Waals surface area contributed by atoms with Gasteiger partial charge in [-0.15, -0.1) is 12.4 Å². The van der Waals surface area contributed by atoms with E-state index in [0.29, 0.717) is 22.6 Å². The van der Waals surface area contributed by atoms with Gasteiger partial charge in [0.2, 0.25) is 0 Å². The van der Waals surface area contributed by atoms with Gasteiger partial charge in [0, 0.05) is 18.2 Å². The molecule has 3 atom stereocenters. The topological polar surface area (TPSA) is 202 Å². The summed E-state index contributed by atoms with van der Waals surface area (Å²) in [5.74, 6) is -0.210. The second-order valence-corrected chi connectivity index (χ2v) is 14.0. The van der Waals surface area contributed by atoms with E-state index in [9.17, 15) is 24.6 Å². The van der Waals surface area contributed by atoms with Gasteiger partial charge in [-0.2, -0.15) is 0 Å². The molecule has 0 aliphatic heterocycles. The van der Waals surface area contributed by atoms with Gasteiger partial charge in [-0.3, -0.25) is 4.79 Å². The number of amides is 2. The maximum Gasteiger partial charge on any atom is 0.408 e. The minimum Gasteiger partial charge on any atom is -0.467 e. The van der Waals surface area contributed by atoms with Gasteiger partial charge in [0.15, 0.2) is 5.65 Å². The van der Waals surface area contributed by atoms with Gasteiger partial charge in [-0.25, -0.2) is 19.6 Å². The Labute approximate surface area is 284 Å². The number of aromatic amines is 1. The summed E-state index contributed by atoms with van der Waals surface area (Å²) in [7, 11) is 1.26. The smallest absolute Gasteiger partial charge is 0.408 e. The zero-order valence-corrected chi connectivity index (χ0v) is 29.7. The Kier molecular flexibility index (Phi) is 14.4. The number of hydrogen-bond donors (Lipinski definition) is 6. The van der Waals surface area contributed by atoms with E-state index < -0.39 is 34.9 Å². The van der Waals surface area contributed by atoms with Gasteiger partial charge < -0.3 is 41.0 Å². The molecule has 3 fully saturated rings. The molecule has 0 radical (unpaired) electrons. The quantitative estimate of drug-likeness (QED) is 0.227. The molecular weight excluding hydrogens is 628 g/mol. The SMILES string of the molecule is COC(=O)[C@@H](C)NC(=O)OC(C)(C)C.C[C@@H](N)C1(O)CCCC1.C[C@@H](NC(=O)c1c[nH]c2ncc(C3CC3)nc12)C1(O)CCCC1.Cl. The van der Waals surface area contributed by atoms with Crippen LogP contribution in [0.5, 0.6) is 0 Å².